The predicted molar refractivity (Wildman–Crippen MR) is 146 cm³/mol. The van der Waals surface area contributed by atoms with E-state index in [2.05, 4.69) is 5.32 Å². The summed E-state index contributed by atoms with van der Waals surface area (Å²) >= 11 is 6.08. The zero-order valence-electron chi connectivity index (χ0n) is 22.5. The normalized spacial score (nSPS) is 34.0. The molecule has 1 spiro atoms. The van der Waals surface area contributed by atoms with Crippen LogP contribution in [0.1, 0.15) is 33.1 Å². The number of hydrogen-bond donors (Lipinski definition) is 2. The van der Waals surface area contributed by atoms with Gasteiger partial charge >= 0.3 is 5.97 Å². The van der Waals surface area contributed by atoms with Crippen molar-refractivity contribution in [2.24, 2.45) is 11.8 Å². The van der Waals surface area contributed by atoms with Crippen molar-refractivity contribution in [2.75, 3.05) is 24.6 Å². The Kier molecular flexibility index (Phi) is 8.03. The van der Waals surface area contributed by atoms with E-state index in [1.807, 2.05) is 6.92 Å². The second kappa shape index (κ2) is 11.3. The van der Waals surface area contributed by atoms with Crippen molar-refractivity contribution in [2.45, 2.75) is 63.0 Å². The minimum absolute atomic E-state index is 0.141. The van der Waals surface area contributed by atoms with Gasteiger partial charge < -0.3 is 29.7 Å². The van der Waals surface area contributed by atoms with Crippen LogP contribution in [0.3, 0.4) is 0 Å². The molecule has 0 saturated carbocycles. The average Bonchev–Trinajstić information content (AvgIpc) is 3.32. The van der Waals surface area contributed by atoms with E-state index in [0.29, 0.717) is 23.6 Å². The van der Waals surface area contributed by atoms with E-state index in [1.54, 1.807) is 60.4 Å². The number of carbonyl (C=O) groups is 4. The molecular weight excluding hydrogens is 538 g/mol. The number of anilines is 1. The number of carbonyl (C=O) groups excluding carboxylic acids is 4. The molecule has 214 valence electrons. The van der Waals surface area contributed by atoms with Gasteiger partial charge in [-0.15, -0.1) is 0 Å². The average molecular weight is 572 g/mol. The number of esters is 1. The van der Waals surface area contributed by atoms with Crippen LogP contribution in [0.15, 0.2) is 48.6 Å². The molecule has 5 rings (SSSR count). The molecule has 11 heteroatoms. The van der Waals surface area contributed by atoms with E-state index in [9.17, 15) is 24.3 Å². The number of aliphatic hydroxyl groups is 1. The molecule has 7 atom stereocenters. The maximum Gasteiger partial charge on any atom is 0.313 e. The fourth-order valence-electron chi connectivity index (χ4n) is 6.26. The first-order valence-corrected chi connectivity index (χ1v) is 14.1. The minimum Gasteiger partial charge on any atom is -0.460 e. The minimum atomic E-state index is -1.46. The summed E-state index contributed by atoms with van der Waals surface area (Å²) in [6.07, 6.45) is 6.55. The first kappa shape index (κ1) is 28.3. The number of hydrogen-bond acceptors (Lipinski definition) is 7. The van der Waals surface area contributed by atoms with Crippen molar-refractivity contribution in [3.8, 4) is 0 Å². The number of cyclic esters (lactones) is 1. The number of aliphatic hydroxyl groups excluding tert-OH is 1. The zero-order chi connectivity index (χ0) is 28.6. The van der Waals surface area contributed by atoms with Gasteiger partial charge in [-0.2, -0.15) is 0 Å². The van der Waals surface area contributed by atoms with Crippen molar-refractivity contribution < 1.29 is 33.8 Å². The molecule has 4 aliphatic heterocycles. The largest absolute Gasteiger partial charge is 0.460 e. The molecule has 0 bridgehead atoms. The molecule has 10 nitrogen and oxygen atoms in total. The summed E-state index contributed by atoms with van der Waals surface area (Å²) in [7, 11) is 0. The Morgan fingerprint density at radius 3 is 2.60 bits per heavy atom. The van der Waals surface area contributed by atoms with E-state index in [-0.39, 0.29) is 37.9 Å². The van der Waals surface area contributed by atoms with E-state index in [1.165, 1.54) is 4.90 Å². The summed E-state index contributed by atoms with van der Waals surface area (Å²) in [6, 6.07) is 5.05. The summed E-state index contributed by atoms with van der Waals surface area (Å²) in [5.74, 6) is -3.68. The van der Waals surface area contributed by atoms with Gasteiger partial charge in [0.25, 0.3) is 5.91 Å². The molecule has 40 heavy (non-hydrogen) atoms. The van der Waals surface area contributed by atoms with Gasteiger partial charge in [0.05, 0.1) is 31.2 Å². The molecule has 1 aromatic rings. The van der Waals surface area contributed by atoms with E-state index < -0.39 is 53.6 Å². The molecule has 2 saturated heterocycles. The second-order valence-electron chi connectivity index (χ2n) is 10.7. The third-order valence-corrected chi connectivity index (χ3v) is 8.44. The van der Waals surface area contributed by atoms with Crippen molar-refractivity contribution >= 4 is 41.0 Å². The lowest BCUT2D eigenvalue weighted by atomic mass is 9.78. The van der Waals surface area contributed by atoms with Gasteiger partial charge in [0.1, 0.15) is 23.7 Å². The van der Waals surface area contributed by atoms with Crippen LogP contribution in [0.25, 0.3) is 0 Å². The first-order chi connectivity index (χ1) is 19.2. The van der Waals surface area contributed by atoms with Gasteiger partial charge in [0, 0.05) is 23.7 Å². The third kappa shape index (κ3) is 4.82. The fourth-order valence-corrected chi connectivity index (χ4v) is 6.39. The van der Waals surface area contributed by atoms with Gasteiger partial charge in [-0.25, -0.2) is 0 Å². The Labute approximate surface area is 237 Å². The van der Waals surface area contributed by atoms with Crippen LogP contribution in [0, 0.1) is 11.8 Å². The predicted octanol–water partition coefficient (Wildman–Crippen LogP) is 1.99. The Balaban J connectivity index is 1.61. The second-order valence-corrected chi connectivity index (χ2v) is 11.1. The number of likely N-dealkylation sites (tertiary alicyclic amines) is 1. The van der Waals surface area contributed by atoms with Crippen molar-refractivity contribution in [1.29, 1.82) is 0 Å². The van der Waals surface area contributed by atoms with Crippen molar-refractivity contribution in [3.63, 3.8) is 0 Å². The Bertz CT molecular complexity index is 1230. The number of amides is 3. The number of rotatable bonds is 4. The first-order valence-electron chi connectivity index (χ1n) is 13.7. The Morgan fingerprint density at radius 1 is 1.15 bits per heavy atom. The molecule has 0 unspecified atom stereocenters. The molecule has 1 aromatic carbocycles. The third-order valence-electron chi connectivity index (χ3n) is 8.19. The number of allylic oxidation sites excluding steroid dienone is 1. The molecule has 2 N–H and O–H groups in total. The van der Waals surface area contributed by atoms with Crippen LogP contribution in [0.5, 0.6) is 0 Å². The van der Waals surface area contributed by atoms with E-state index >= 15 is 0 Å². The van der Waals surface area contributed by atoms with Gasteiger partial charge in [0.2, 0.25) is 11.8 Å². The number of fused-ring (bicyclic) bond motifs is 2. The van der Waals surface area contributed by atoms with Crippen LogP contribution >= 0.6 is 11.6 Å². The van der Waals surface area contributed by atoms with Crippen LogP contribution in [0.2, 0.25) is 5.02 Å². The lowest BCUT2D eigenvalue weighted by Gasteiger charge is -2.38. The molecule has 4 aliphatic rings. The number of nitrogens with one attached hydrogen (secondary N) is 1. The zero-order valence-corrected chi connectivity index (χ0v) is 23.3. The van der Waals surface area contributed by atoms with E-state index in [4.69, 9.17) is 21.1 Å². The maximum atomic E-state index is 14.4. The number of ether oxygens (including phenoxy) is 2. The smallest absolute Gasteiger partial charge is 0.313 e. The van der Waals surface area contributed by atoms with Crippen molar-refractivity contribution in [1.82, 2.24) is 10.2 Å². The highest BCUT2D eigenvalue weighted by atomic mass is 35.5. The number of benzene rings is 1. The van der Waals surface area contributed by atoms with Gasteiger partial charge in [-0.3, -0.25) is 19.2 Å². The topological polar surface area (TPSA) is 125 Å². The fraction of sp³-hybridized carbons (Fsp3) is 0.517. The highest BCUT2D eigenvalue weighted by Gasteiger charge is 2.72. The van der Waals surface area contributed by atoms with Crippen LogP contribution in [-0.4, -0.2) is 83.3 Å². The molecule has 2 fully saturated rings. The number of halogens is 1. The van der Waals surface area contributed by atoms with Crippen LogP contribution < -0.4 is 10.2 Å². The summed E-state index contributed by atoms with van der Waals surface area (Å²) in [5, 5.41) is 13.5. The SMILES string of the molecule is CC[C@@H](CO)N1C(=O)[C@H]2[C@@H]3C(=O)O[C@@H](C)CNC(=O)CC/C=C\[C@@H]3O[C@]23C=CCN(c2ccc(Cl)cc2)C(=O)[C@H]13. The lowest BCUT2D eigenvalue weighted by molar-refractivity contribution is -0.159. The lowest BCUT2D eigenvalue weighted by Crippen LogP contribution is -2.58. The monoisotopic (exact) mass is 571 g/mol. The van der Waals surface area contributed by atoms with Gasteiger partial charge in [-0.1, -0.05) is 42.8 Å². The highest BCUT2D eigenvalue weighted by molar-refractivity contribution is 6.30. The summed E-state index contributed by atoms with van der Waals surface area (Å²) < 4.78 is 12.3. The molecule has 4 heterocycles. The van der Waals surface area contributed by atoms with Crippen LogP contribution in [-0.2, 0) is 28.7 Å². The molecule has 0 aromatic heterocycles. The highest BCUT2D eigenvalue weighted by Crippen LogP contribution is 2.54. The van der Waals surface area contributed by atoms with Gasteiger partial charge in [0.15, 0.2) is 0 Å². The Hall–Kier alpha value is -3.21. The molecule has 0 aliphatic carbocycles. The molecule has 3 amide bonds. The molecular formula is C29H34ClN3O7. The van der Waals surface area contributed by atoms with E-state index in [0.717, 1.165) is 0 Å². The van der Waals surface area contributed by atoms with Gasteiger partial charge in [-0.05, 0) is 44.0 Å². The Morgan fingerprint density at radius 2 is 1.90 bits per heavy atom. The summed E-state index contributed by atoms with van der Waals surface area (Å²) in [6.45, 7) is 3.50. The standard InChI is InChI=1S/C29H34ClN3O7/c1-3-19(16-34)33-25-27(37)32(20-11-9-18(30)10-12-20)14-6-13-29(25)24(26(33)36)23-21(40-29)7-4-5-8-22(35)31-15-17(2)39-28(23)38/h4,6-7,9-13,17,19,21,23-25,34H,3,5,8,14-16H2,1-2H3,(H,31,35)/b7-4-/t17-,19-,21-,23+,24+,25-,29+/m0/s1. The number of nitrogens with zero attached hydrogens (tertiary/aromatic N) is 2. The summed E-state index contributed by atoms with van der Waals surface area (Å²) in [5.41, 5.74) is -0.868. The van der Waals surface area contributed by atoms with Crippen LogP contribution in [0.4, 0.5) is 5.69 Å². The maximum absolute atomic E-state index is 14.4. The molecule has 0 radical (unpaired) electrons. The summed E-state index contributed by atoms with van der Waals surface area (Å²) in [4.78, 5) is 57.4. The quantitative estimate of drug-likeness (QED) is 0.418. The van der Waals surface area contributed by atoms with Crippen molar-refractivity contribution in [3.05, 3.63) is 53.6 Å².